The van der Waals surface area contributed by atoms with Crippen molar-refractivity contribution in [1.82, 2.24) is 0 Å². The average Bonchev–Trinajstić information content (AvgIpc) is 2.61. The van der Waals surface area contributed by atoms with E-state index >= 15 is 0 Å². The van der Waals surface area contributed by atoms with Gasteiger partial charge in [0.25, 0.3) is 5.69 Å². The van der Waals surface area contributed by atoms with Gasteiger partial charge >= 0.3 is 12.6 Å². The van der Waals surface area contributed by atoms with Crippen LogP contribution in [-0.2, 0) is 11.3 Å². The minimum absolute atomic E-state index is 0.0295. The number of halogens is 2. The lowest BCUT2D eigenvalue weighted by atomic mass is 10.2. The zero-order valence-corrected chi connectivity index (χ0v) is 13.7. The third-order valence-electron chi connectivity index (χ3n) is 3.19. The van der Waals surface area contributed by atoms with Crippen molar-refractivity contribution in [2.75, 3.05) is 6.61 Å². The molecule has 0 atom stereocenters. The van der Waals surface area contributed by atoms with Crippen LogP contribution in [0, 0.1) is 10.1 Å². The van der Waals surface area contributed by atoms with Crippen molar-refractivity contribution < 1.29 is 32.7 Å². The van der Waals surface area contributed by atoms with Gasteiger partial charge in [0, 0.05) is 12.1 Å². The molecular formula is C17H15F2NO6. The second-order valence-electron chi connectivity index (χ2n) is 4.98. The largest absolute Gasteiger partial charge is 0.490 e. The predicted molar refractivity (Wildman–Crippen MR) is 86.5 cm³/mol. The van der Waals surface area contributed by atoms with E-state index in [0.29, 0.717) is 5.56 Å². The van der Waals surface area contributed by atoms with Crippen molar-refractivity contribution in [3.63, 3.8) is 0 Å². The fraction of sp³-hybridized carbons (Fsp3) is 0.235. The molecule has 0 aliphatic carbocycles. The third-order valence-corrected chi connectivity index (χ3v) is 3.19. The molecule has 0 aliphatic heterocycles. The van der Waals surface area contributed by atoms with E-state index in [1.807, 2.05) is 0 Å². The molecule has 0 spiro atoms. The summed E-state index contributed by atoms with van der Waals surface area (Å²) in [6.07, 6.45) is 0. The number of hydrogen-bond donors (Lipinski definition) is 0. The Morgan fingerprint density at radius 1 is 1.19 bits per heavy atom. The number of benzene rings is 2. The van der Waals surface area contributed by atoms with E-state index in [1.165, 1.54) is 36.4 Å². The highest BCUT2D eigenvalue weighted by Crippen LogP contribution is 2.30. The summed E-state index contributed by atoms with van der Waals surface area (Å²) in [6, 6.07) is 9.27. The number of alkyl halides is 2. The number of nitro benzene ring substituents is 1. The van der Waals surface area contributed by atoms with Gasteiger partial charge in [-0.15, -0.1) is 0 Å². The molecule has 2 aromatic rings. The lowest BCUT2D eigenvalue weighted by Crippen LogP contribution is -2.07. The molecule has 0 bridgehead atoms. The normalized spacial score (nSPS) is 10.5. The van der Waals surface area contributed by atoms with E-state index in [0.717, 1.165) is 6.07 Å². The second kappa shape index (κ2) is 8.75. The van der Waals surface area contributed by atoms with Crippen LogP contribution in [0.4, 0.5) is 14.5 Å². The maximum atomic E-state index is 12.4. The minimum Gasteiger partial charge on any atom is -0.490 e. The quantitative estimate of drug-likeness (QED) is 0.399. The SMILES string of the molecule is CCOc1cc(COC(=O)c2cccc([N+](=O)[O-])c2)ccc1OC(F)F. The molecule has 0 saturated heterocycles. The Morgan fingerprint density at radius 2 is 1.96 bits per heavy atom. The Morgan fingerprint density at radius 3 is 2.62 bits per heavy atom. The molecule has 0 amide bonds. The summed E-state index contributed by atoms with van der Waals surface area (Å²) in [4.78, 5) is 22.1. The Labute approximate surface area is 147 Å². The van der Waals surface area contributed by atoms with Crippen LogP contribution >= 0.6 is 0 Å². The van der Waals surface area contributed by atoms with E-state index in [9.17, 15) is 23.7 Å². The zero-order chi connectivity index (χ0) is 19.1. The molecule has 0 aromatic heterocycles. The Hall–Kier alpha value is -3.23. The molecule has 0 heterocycles. The van der Waals surface area contributed by atoms with Gasteiger partial charge in [-0.1, -0.05) is 12.1 Å². The molecule has 0 N–H and O–H groups in total. The maximum Gasteiger partial charge on any atom is 0.387 e. The molecule has 0 fully saturated rings. The first-order valence-corrected chi connectivity index (χ1v) is 7.52. The maximum absolute atomic E-state index is 12.4. The van der Waals surface area contributed by atoms with Crippen LogP contribution in [-0.4, -0.2) is 24.1 Å². The van der Waals surface area contributed by atoms with Crippen LogP contribution in [0.3, 0.4) is 0 Å². The lowest BCUT2D eigenvalue weighted by molar-refractivity contribution is -0.384. The van der Waals surface area contributed by atoms with Gasteiger partial charge in [-0.2, -0.15) is 8.78 Å². The summed E-state index contributed by atoms with van der Waals surface area (Å²) in [5.74, 6) is -0.785. The van der Waals surface area contributed by atoms with Crippen LogP contribution in [0.25, 0.3) is 0 Å². The first-order valence-electron chi connectivity index (χ1n) is 7.52. The number of ether oxygens (including phenoxy) is 3. The van der Waals surface area contributed by atoms with E-state index in [4.69, 9.17) is 9.47 Å². The molecule has 7 nitrogen and oxygen atoms in total. The van der Waals surface area contributed by atoms with Crippen molar-refractivity contribution in [2.45, 2.75) is 20.1 Å². The van der Waals surface area contributed by atoms with Gasteiger partial charge in [-0.3, -0.25) is 10.1 Å². The Kier molecular flexibility index (Phi) is 6.42. The fourth-order valence-electron chi connectivity index (χ4n) is 2.08. The topological polar surface area (TPSA) is 87.9 Å². The van der Waals surface area contributed by atoms with Crippen molar-refractivity contribution in [3.05, 3.63) is 63.7 Å². The van der Waals surface area contributed by atoms with Crippen LogP contribution < -0.4 is 9.47 Å². The third kappa shape index (κ3) is 5.13. The Balaban J connectivity index is 2.08. The molecule has 0 radical (unpaired) electrons. The standard InChI is InChI=1S/C17H15F2NO6/c1-2-24-15-8-11(6-7-14(15)26-17(18)19)10-25-16(21)12-4-3-5-13(9-12)20(22)23/h3-9,17H,2,10H2,1H3. The highest BCUT2D eigenvalue weighted by Gasteiger charge is 2.15. The van der Waals surface area contributed by atoms with E-state index in [-0.39, 0.29) is 36.0 Å². The van der Waals surface area contributed by atoms with Gasteiger partial charge in [0.1, 0.15) is 6.61 Å². The second-order valence-corrected chi connectivity index (χ2v) is 4.98. The molecule has 0 unspecified atom stereocenters. The highest BCUT2D eigenvalue weighted by atomic mass is 19.3. The van der Waals surface area contributed by atoms with Crippen molar-refractivity contribution in [2.24, 2.45) is 0 Å². The number of hydrogen-bond acceptors (Lipinski definition) is 6. The Bertz CT molecular complexity index is 797. The summed E-state index contributed by atoms with van der Waals surface area (Å²) < 4.78 is 39.4. The summed E-state index contributed by atoms with van der Waals surface area (Å²) in [6.45, 7) is -1.25. The van der Waals surface area contributed by atoms with Crippen molar-refractivity contribution >= 4 is 11.7 Å². The summed E-state index contributed by atoms with van der Waals surface area (Å²) in [5.41, 5.74) is 0.280. The molecule has 26 heavy (non-hydrogen) atoms. The number of non-ortho nitro benzene ring substituents is 1. The van der Waals surface area contributed by atoms with Crippen LogP contribution in [0.5, 0.6) is 11.5 Å². The van der Waals surface area contributed by atoms with Crippen LogP contribution in [0.15, 0.2) is 42.5 Å². The molecular weight excluding hydrogens is 352 g/mol. The van der Waals surface area contributed by atoms with Gasteiger partial charge in [0.2, 0.25) is 0 Å². The number of carbonyl (C=O) groups excluding carboxylic acids is 1. The highest BCUT2D eigenvalue weighted by molar-refractivity contribution is 5.90. The number of nitrogens with zero attached hydrogens (tertiary/aromatic N) is 1. The molecule has 9 heteroatoms. The van der Waals surface area contributed by atoms with Gasteiger partial charge < -0.3 is 14.2 Å². The summed E-state index contributed by atoms with van der Waals surface area (Å²) in [7, 11) is 0. The number of esters is 1. The molecule has 0 aliphatic rings. The number of carbonyl (C=O) groups is 1. The van der Waals surface area contributed by atoms with Crippen molar-refractivity contribution in [3.8, 4) is 11.5 Å². The molecule has 0 saturated carbocycles. The van der Waals surface area contributed by atoms with Gasteiger partial charge in [-0.05, 0) is 30.7 Å². The van der Waals surface area contributed by atoms with Gasteiger partial charge in [0.05, 0.1) is 17.1 Å². The number of rotatable bonds is 8. The van der Waals surface area contributed by atoms with E-state index in [2.05, 4.69) is 4.74 Å². The smallest absolute Gasteiger partial charge is 0.387 e. The molecule has 2 rings (SSSR count). The molecule has 138 valence electrons. The fourth-order valence-corrected chi connectivity index (χ4v) is 2.08. The minimum atomic E-state index is -2.99. The van der Waals surface area contributed by atoms with Gasteiger partial charge in [0.15, 0.2) is 11.5 Å². The van der Waals surface area contributed by atoms with Gasteiger partial charge in [-0.25, -0.2) is 4.79 Å². The lowest BCUT2D eigenvalue weighted by Gasteiger charge is -2.13. The first-order chi connectivity index (χ1) is 12.4. The van der Waals surface area contributed by atoms with E-state index < -0.39 is 17.5 Å². The summed E-state index contributed by atoms with van der Waals surface area (Å²) in [5, 5.41) is 10.7. The molecule has 2 aromatic carbocycles. The summed E-state index contributed by atoms with van der Waals surface area (Å²) >= 11 is 0. The zero-order valence-electron chi connectivity index (χ0n) is 13.7. The van der Waals surface area contributed by atoms with E-state index in [1.54, 1.807) is 6.92 Å². The first kappa shape index (κ1) is 19.1. The van der Waals surface area contributed by atoms with Crippen LogP contribution in [0.2, 0.25) is 0 Å². The monoisotopic (exact) mass is 367 g/mol. The van der Waals surface area contributed by atoms with Crippen LogP contribution in [0.1, 0.15) is 22.8 Å². The predicted octanol–water partition coefficient (Wildman–Crippen LogP) is 3.95. The average molecular weight is 367 g/mol. The van der Waals surface area contributed by atoms with Crippen molar-refractivity contribution in [1.29, 1.82) is 0 Å². The number of nitro groups is 1.